The molecule has 10 heteroatoms. The molecule has 5 rings (SSSR count). The number of fused-ring (bicyclic) bond motifs is 3. The molecular weight excluding hydrogens is 432 g/mol. The topological polar surface area (TPSA) is 99.2 Å². The van der Waals surface area contributed by atoms with E-state index >= 15 is 0 Å². The van der Waals surface area contributed by atoms with Crippen molar-refractivity contribution < 1.29 is 9.44 Å². The molecule has 3 atom stereocenters. The largest absolute Gasteiger partial charge is 0.632 e. The summed E-state index contributed by atoms with van der Waals surface area (Å²) < 4.78 is -0.294. The number of aliphatic imine (C=N–C) groups is 1. The van der Waals surface area contributed by atoms with Crippen molar-refractivity contribution in [2.24, 2.45) is 4.99 Å². The summed E-state index contributed by atoms with van der Waals surface area (Å²) in [5.74, 6) is 2.02. The number of pyridine rings is 1. The minimum atomic E-state index is -0.294. The molecule has 0 saturated carbocycles. The van der Waals surface area contributed by atoms with E-state index < -0.39 is 0 Å². The Labute approximate surface area is 201 Å². The van der Waals surface area contributed by atoms with Gasteiger partial charge >= 0.3 is 0 Å². The van der Waals surface area contributed by atoms with Gasteiger partial charge < -0.3 is 29.9 Å². The van der Waals surface area contributed by atoms with Gasteiger partial charge in [0.1, 0.15) is 24.7 Å². The fourth-order valence-corrected chi connectivity index (χ4v) is 5.62. The lowest BCUT2D eigenvalue weighted by Crippen LogP contribution is -2.48. The SMILES string of the molecule is CCN[C@@H]1N=C2C(=CN1)C[N+]([O-])(Cc1ccc(N3CCN(C(C)=O)CC3)nc1)CC1CCCN21. The number of carbonyl (C=O) groups excluding carboxylic acids is 1. The lowest BCUT2D eigenvalue weighted by molar-refractivity contribution is -0.889. The Hall–Kier alpha value is -2.69. The zero-order valence-electron chi connectivity index (χ0n) is 20.2. The molecule has 1 aromatic heterocycles. The fraction of sp³-hybridized carbons (Fsp3) is 0.625. The predicted molar refractivity (Wildman–Crippen MR) is 132 cm³/mol. The van der Waals surface area contributed by atoms with Gasteiger partial charge in [-0.3, -0.25) is 10.1 Å². The number of aromatic nitrogens is 1. The molecule has 184 valence electrons. The number of piperazine rings is 1. The average Bonchev–Trinajstić information content (AvgIpc) is 3.24. The average molecular weight is 469 g/mol. The van der Waals surface area contributed by atoms with Gasteiger partial charge in [0.15, 0.2) is 6.29 Å². The van der Waals surface area contributed by atoms with Crippen molar-refractivity contribution in [2.45, 2.75) is 45.6 Å². The first-order valence-corrected chi connectivity index (χ1v) is 12.5. The summed E-state index contributed by atoms with van der Waals surface area (Å²) in [5.41, 5.74) is 1.96. The zero-order chi connectivity index (χ0) is 23.7. The molecule has 3 fully saturated rings. The van der Waals surface area contributed by atoms with Crippen LogP contribution in [0.15, 0.2) is 35.1 Å². The molecule has 4 aliphatic heterocycles. The van der Waals surface area contributed by atoms with Gasteiger partial charge in [0, 0.05) is 57.6 Å². The number of amides is 1. The van der Waals surface area contributed by atoms with Crippen LogP contribution in [0.4, 0.5) is 5.82 Å². The van der Waals surface area contributed by atoms with E-state index in [0.29, 0.717) is 19.6 Å². The lowest BCUT2D eigenvalue weighted by atomic mass is 10.1. The minimum absolute atomic E-state index is 0.124. The molecule has 1 amide bonds. The van der Waals surface area contributed by atoms with Gasteiger partial charge in [0.2, 0.25) is 5.91 Å². The molecule has 0 bridgehead atoms. The molecular formula is C24H36N8O2. The molecule has 2 unspecified atom stereocenters. The number of anilines is 1. The van der Waals surface area contributed by atoms with Crippen molar-refractivity contribution in [1.29, 1.82) is 0 Å². The van der Waals surface area contributed by atoms with E-state index in [2.05, 4.69) is 32.3 Å². The molecule has 4 aliphatic rings. The van der Waals surface area contributed by atoms with Gasteiger partial charge in [0.25, 0.3) is 0 Å². The first-order valence-electron chi connectivity index (χ1n) is 12.5. The number of quaternary nitrogens is 1. The standard InChI is InChI=1S/C24H36N8O2/c1-3-25-24-27-14-20-16-32(34,17-21-5-4-8-31(21)23(20)28-24)15-19-6-7-22(26-13-19)30-11-9-29(10-12-30)18(2)33/h6-7,13-14,21,24-25,27H,3-5,8-12,15-17H2,1-2H3/t21?,24-,32?/m0/s1. The molecule has 2 N–H and O–H groups in total. The number of rotatable bonds is 5. The number of hydrogen-bond acceptors (Lipinski definition) is 8. The number of amidine groups is 1. The van der Waals surface area contributed by atoms with Gasteiger partial charge in [-0.1, -0.05) is 6.92 Å². The maximum absolute atomic E-state index is 14.1. The molecule has 0 spiro atoms. The third kappa shape index (κ3) is 4.75. The number of nitrogens with one attached hydrogen (secondary N) is 2. The van der Waals surface area contributed by atoms with Gasteiger partial charge in [-0.2, -0.15) is 0 Å². The Morgan fingerprint density at radius 2 is 2.09 bits per heavy atom. The Balaban J connectivity index is 1.29. The summed E-state index contributed by atoms with van der Waals surface area (Å²) in [7, 11) is 0. The fourth-order valence-electron chi connectivity index (χ4n) is 5.62. The van der Waals surface area contributed by atoms with E-state index in [1.807, 2.05) is 29.4 Å². The number of carbonyl (C=O) groups is 1. The normalized spacial score (nSPS) is 29.0. The van der Waals surface area contributed by atoms with Crippen molar-refractivity contribution in [2.75, 3.05) is 57.3 Å². The highest BCUT2D eigenvalue weighted by atomic mass is 16.5. The molecule has 1 aromatic rings. The molecule has 3 saturated heterocycles. The van der Waals surface area contributed by atoms with Crippen LogP contribution in [0.5, 0.6) is 0 Å². The molecule has 5 heterocycles. The lowest BCUT2D eigenvalue weighted by Gasteiger charge is -2.43. The van der Waals surface area contributed by atoms with E-state index in [-0.39, 0.29) is 22.9 Å². The first-order chi connectivity index (χ1) is 16.4. The van der Waals surface area contributed by atoms with E-state index in [0.717, 1.165) is 74.9 Å². The van der Waals surface area contributed by atoms with Gasteiger partial charge in [0.05, 0.1) is 18.2 Å². The van der Waals surface area contributed by atoms with Crippen molar-refractivity contribution in [3.8, 4) is 0 Å². The number of hydroxylamine groups is 3. The molecule has 0 aromatic carbocycles. The van der Waals surface area contributed by atoms with Crippen LogP contribution in [0.25, 0.3) is 0 Å². The second kappa shape index (κ2) is 9.52. The highest BCUT2D eigenvalue weighted by Crippen LogP contribution is 2.31. The second-order valence-electron chi connectivity index (χ2n) is 9.81. The number of hydrogen-bond donors (Lipinski definition) is 2. The summed E-state index contributed by atoms with van der Waals surface area (Å²) in [6.45, 7) is 9.86. The van der Waals surface area contributed by atoms with Crippen LogP contribution in [0.2, 0.25) is 0 Å². The Bertz CT molecular complexity index is 956. The number of nitrogens with zero attached hydrogens (tertiary/aromatic N) is 6. The van der Waals surface area contributed by atoms with E-state index in [4.69, 9.17) is 4.99 Å². The van der Waals surface area contributed by atoms with Crippen LogP contribution in [0.3, 0.4) is 0 Å². The molecule has 10 nitrogen and oxygen atoms in total. The third-order valence-electron chi connectivity index (χ3n) is 7.33. The van der Waals surface area contributed by atoms with Crippen LogP contribution < -0.4 is 15.5 Å². The monoisotopic (exact) mass is 468 g/mol. The van der Waals surface area contributed by atoms with Crippen LogP contribution in [0, 0.1) is 5.21 Å². The van der Waals surface area contributed by atoms with Crippen LogP contribution >= 0.6 is 0 Å². The van der Waals surface area contributed by atoms with Crippen molar-refractivity contribution in [3.63, 3.8) is 0 Å². The van der Waals surface area contributed by atoms with Crippen LogP contribution in [0.1, 0.15) is 32.3 Å². The summed E-state index contributed by atoms with van der Waals surface area (Å²) in [4.78, 5) is 27.6. The van der Waals surface area contributed by atoms with E-state index in [1.165, 1.54) is 0 Å². The van der Waals surface area contributed by atoms with Crippen LogP contribution in [-0.4, -0.2) is 95.9 Å². The van der Waals surface area contributed by atoms with E-state index in [1.54, 1.807) is 6.92 Å². The molecule has 0 aliphatic carbocycles. The van der Waals surface area contributed by atoms with Crippen molar-refractivity contribution in [3.05, 3.63) is 40.9 Å². The maximum Gasteiger partial charge on any atom is 0.219 e. The maximum atomic E-state index is 14.1. The van der Waals surface area contributed by atoms with Gasteiger partial charge in [-0.15, -0.1) is 0 Å². The Kier molecular flexibility index (Phi) is 6.46. The van der Waals surface area contributed by atoms with Gasteiger partial charge in [-0.05, 0) is 31.5 Å². The highest BCUT2D eigenvalue weighted by Gasteiger charge is 2.40. The van der Waals surface area contributed by atoms with Gasteiger partial charge in [-0.25, -0.2) is 9.98 Å². The quantitative estimate of drug-likeness (QED) is 0.488. The second-order valence-corrected chi connectivity index (χ2v) is 9.81. The summed E-state index contributed by atoms with van der Waals surface area (Å²) >= 11 is 0. The predicted octanol–water partition coefficient (Wildman–Crippen LogP) is 0.821. The van der Waals surface area contributed by atoms with Crippen molar-refractivity contribution in [1.82, 2.24) is 25.4 Å². The van der Waals surface area contributed by atoms with E-state index in [9.17, 15) is 10.0 Å². The smallest absolute Gasteiger partial charge is 0.219 e. The zero-order valence-corrected chi connectivity index (χ0v) is 20.2. The molecule has 0 radical (unpaired) electrons. The Morgan fingerprint density at radius 1 is 1.26 bits per heavy atom. The highest BCUT2D eigenvalue weighted by molar-refractivity contribution is 5.99. The summed E-state index contributed by atoms with van der Waals surface area (Å²) in [6.07, 6.45) is 5.85. The van der Waals surface area contributed by atoms with Crippen LogP contribution in [-0.2, 0) is 11.3 Å². The summed E-state index contributed by atoms with van der Waals surface area (Å²) in [6, 6.07) is 4.28. The van der Waals surface area contributed by atoms with Crippen molar-refractivity contribution >= 4 is 17.6 Å². The third-order valence-corrected chi connectivity index (χ3v) is 7.33. The minimum Gasteiger partial charge on any atom is -0.632 e. The molecule has 34 heavy (non-hydrogen) atoms. The summed E-state index contributed by atoms with van der Waals surface area (Å²) in [5, 5.41) is 20.7. The Morgan fingerprint density at radius 3 is 2.79 bits per heavy atom. The first kappa shape index (κ1) is 23.1.